The molecule has 0 spiro atoms. The Morgan fingerprint density at radius 2 is 2.15 bits per heavy atom. The minimum atomic E-state index is 0.253. The zero-order valence-electron chi connectivity index (χ0n) is 13.2. The zero-order chi connectivity index (χ0) is 14.7. The van der Waals surface area contributed by atoms with Crippen molar-refractivity contribution in [3.05, 3.63) is 11.4 Å². The fourth-order valence-electron chi connectivity index (χ4n) is 2.44. The Bertz CT molecular complexity index is 461. The minimum Gasteiger partial charge on any atom is -0.375 e. The number of rotatable bonds is 4. The van der Waals surface area contributed by atoms with Gasteiger partial charge in [-0.15, -0.1) is 0 Å². The van der Waals surface area contributed by atoms with Crippen LogP contribution in [0.4, 0.5) is 11.6 Å². The molecule has 0 aliphatic carbocycles. The highest BCUT2D eigenvalue weighted by Crippen LogP contribution is 2.27. The molecule has 0 aromatic carbocycles. The van der Waals surface area contributed by atoms with Crippen LogP contribution in [0.3, 0.4) is 0 Å². The van der Waals surface area contributed by atoms with Crippen LogP contribution in [0.25, 0.3) is 0 Å². The van der Waals surface area contributed by atoms with Crippen molar-refractivity contribution in [1.29, 1.82) is 0 Å². The van der Waals surface area contributed by atoms with Crippen LogP contribution >= 0.6 is 0 Å². The van der Waals surface area contributed by atoms with Crippen molar-refractivity contribution >= 4 is 11.6 Å². The van der Waals surface area contributed by atoms with Crippen molar-refractivity contribution in [2.45, 2.75) is 46.6 Å². The fraction of sp³-hybridized carbons (Fsp3) is 0.733. The van der Waals surface area contributed by atoms with Crippen LogP contribution in [0.15, 0.2) is 0 Å². The van der Waals surface area contributed by atoms with Gasteiger partial charge in [-0.2, -0.15) is 0 Å². The fourth-order valence-corrected chi connectivity index (χ4v) is 2.44. The lowest BCUT2D eigenvalue weighted by molar-refractivity contribution is 0.0529. The van der Waals surface area contributed by atoms with Gasteiger partial charge in [0.1, 0.15) is 17.5 Å². The van der Waals surface area contributed by atoms with Crippen LogP contribution in [-0.2, 0) is 4.74 Å². The van der Waals surface area contributed by atoms with E-state index in [0.717, 1.165) is 49.3 Å². The molecule has 0 bridgehead atoms. The number of anilines is 2. The van der Waals surface area contributed by atoms with Crippen LogP contribution in [0.5, 0.6) is 0 Å². The van der Waals surface area contributed by atoms with Crippen LogP contribution in [0.1, 0.15) is 45.0 Å². The molecule has 5 nitrogen and oxygen atoms in total. The van der Waals surface area contributed by atoms with Gasteiger partial charge in [-0.3, -0.25) is 0 Å². The van der Waals surface area contributed by atoms with E-state index in [1.807, 2.05) is 0 Å². The summed E-state index contributed by atoms with van der Waals surface area (Å²) in [5.41, 5.74) is 1.13. The van der Waals surface area contributed by atoms with E-state index in [1.54, 1.807) is 0 Å². The number of ether oxygens (including phenoxy) is 1. The molecule has 20 heavy (non-hydrogen) atoms. The third kappa shape index (κ3) is 3.20. The van der Waals surface area contributed by atoms with Crippen molar-refractivity contribution in [1.82, 2.24) is 9.97 Å². The molecule has 5 heteroatoms. The van der Waals surface area contributed by atoms with Crippen LogP contribution in [0, 0.1) is 6.92 Å². The highest BCUT2D eigenvalue weighted by Gasteiger charge is 2.22. The molecule has 1 fully saturated rings. The van der Waals surface area contributed by atoms with Crippen molar-refractivity contribution in [3.8, 4) is 0 Å². The molecule has 0 saturated carbocycles. The summed E-state index contributed by atoms with van der Waals surface area (Å²) in [6, 6.07) is 0. The zero-order valence-corrected chi connectivity index (χ0v) is 13.2. The average molecular weight is 278 g/mol. The number of hydrogen-bond donors (Lipinski definition) is 1. The average Bonchev–Trinajstić information content (AvgIpc) is 2.41. The highest BCUT2D eigenvalue weighted by molar-refractivity contribution is 5.59. The lowest BCUT2D eigenvalue weighted by Gasteiger charge is -2.33. The van der Waals surface area contributed by atoms with Crippen molar-refractivity contribution in [3.63, 3.8) is 0 Å². The van der Waals surface area contributed by atoms with E-state index in [1.165, 1.54) is 0 Å². The monoisotopic (exact) mass is 278 g/mol. The molecular weight excluding hydrogens is 252 g/mol. The first kappa shape index (κ1) is 15.0. The SMILES string of the molecule is CCNc1nc(C(C)C)nc(N2CCOC(C)C2)c1C. The molecule has 0 amide bonds. The molecule has 1 saturated heterocycles. The van der Waals surface area contributed by atoms with Crippen LogP contribution in [0.2, 0.25) is 0 Å². The summed E-state index contributed by atoms with van der Waals surface area (Å²) in [5, 5.41) is 3.35. The Balaban J connectivity index is 2.39. The topological polar surface area (TPSA) is 50.3 Å². The summed E-state index contributed by atoms with van der Waals surface area (Å²) in [6.45, 7) is 14.0. The van der Waals surface area contributed by atoms with Gasteiger partial charge in [0.15, 0.2) is 0 Å². The summed E-state index contributed by atoms with van der Waals surface area (Å²) in [7, 11) is 0. The van der Waals surface area contributed by atoms with Gasteiger partial charge in [-0.25, -0.2) is 9.97 Å². The second kappa shape index (κ2) is 6.39. The Kier molecular flexibility index (Phi) is 4.81. The van der Waals surface area contributed by atoms with E-state index < -0.39 is 0 Å². The second-order valence-electron chi connectivity index (χ2n) is 5.69. The number of aromatic nitrogens is 2. The Labute approximate surface area is 121 Å². The normalized spacial score (nSPS) is 19.5. The van der Waals surface area contributed by atoms with Crippen LogP contribution < -0.4 is 10.2 Å². The van der Waals surface area contributed by atoms with E-state index in [2.05, 4.69) is 49.8 Å². The van der Waals surface area contributed by atoms with Gasteiger partial charge >= 0.3 is 0 Å². The molecule has 1 aromatic rings. The lowest BCUT2D eigenvalue weighted by Crippen LogP contribution is -2.42. The molecule has 2 heterocycles. The number of nitrogens with zero attached hydrogens (tertiary/aromatic N) is 3. The van der Waals surface area contributed by atoms with E-state index in [9.17, 15) is 0 Å². The molecule has 112 valence electrons. The third-order valence-corrected chi connectivity index (χ3v) is 3.54. The molecular formula is C15H26N4O. The van der Waals surface area contributed by atoms with Crippen LogP contribution in [-0.4, -0.2) is 42.3 Å². The van der Waals surface area contributed by atoms with Gasteiger partial charge in [0.05, 0.1) is 12.7 Å². The van der Waals surface area contributed by atoms with Gasteiger partial charge in [0.25, 0.3) is 0 Å². The van der Waals surface area contributed by atoms with Gasteiger partial charge in [0, 0.05) is 31.1 Å². The van der Waals surface area contributed by atoms with E-state index in [-0.39, 0.29) is 6.10 Å². The van der Waals surface area contributed by atoms with E-state index in [4.69, 9.17) is 9.72 Å². The minimum absolute atomic E-state index is 0.253. The predicted octanol–water partition coefficient (Wildman–Crippen LogP) is 2.57. The summed E-state index contributed by atoms with van der Waals surface area (Å²) in [4.78, 5) is 11.8. The maximum atomic E-state index is 5.62. The largest absolute Gasteiger partial charge is 0.375 e. The number of nitrogens with one attached hydrogen (secondary N) is 1. The molecule has 0 radical (unpaired) electrons. The number of hydrogen-bond acceptors (Lipinski definition) is 5. The number of morpholine rings is 1. The second-order valence-corrected chi connectivity index (χ2v) is 5.69. The van der Waals surface area contributed by atoms with Crippen molar-refractivity contribution in [2.24, 2.45) is 0 Å². The van der Waals surface area contributed by atoms with Gasteiger partial charge < -0.3 is 15.0 Å². The summed E-state index contributed by atoms with van der Waals surface area (Å²) >= 11 is 0. The first-order chi connectivity index (χ1) is 9.52. The molecule has 1 aromatic heterocycles. The first-order valence-electron chi connectivity index (χ1n) is 7.51. The first-order valence-corrected chi connectivity index (χ1v) is 7.51. The molecule has 1 aliphatic heterocycles. The third-order valence-electron chi connectivity index (χ3n) is 3.54. The van der Waals surface area contributed by atoms with E-state index >= 15 is 0 Å². The predicted molar refractivity (Wildman–Crippen MR) is 82.6 cm³/mol. The van der Waals surface area contributed by atoms with Gasteiger partial charge in [0.2, 0.25) is 0 Å². The lowest BCUT2D eigenvalue weighted by atomic mass is 10.2. The summed E-state index contributed by atoms with van der Waals surface area (Å²) in [5.74, 6) is 3.24. The summed E-state index contributed by atoms with van der Waals surface area (Å²) < 4.78 is 5.62. The van der Waals surface area contributed by atoms with Crippen molar-refractivity contribution < 1.29 is 4.74 Å². The quantitative estimate of drug-likeness (QED) is 0.917. The molecule has 1 atom stereocenters. The molecule has 1 unspecified atom stereocenters. The summed E-state index contributed by atoms with van der Waals surface area (Å²) in [6.07, 6.45) is 0.253. The Hall–Kier alpha value is -1.36. The standard InChI is InChI=1S/C15H26N4O/c1-6-16-14-12(5)15(18-13(17-14)10(2)3)19-7-8-20-11(4)9-19/h10-11H,6-9H2,1-5H3,(H,16,17,18). The van der Waals surface area contributed by atoms with Gasteiger partial charge in [-0.05, 0) is 20.8 Å². The highest BCUT2D eigenvalue weighted by atomic mass is 16.5. The molecule has 2 rings (SSSR count). The Morgan fingerprint density at radius 1 is 1.40 bits per heavy atom. The maximum Gasteiger partial charge on any atom is 0.137 e. The van der Waals surface area contributed by atoms with Gasteiger partial charge in [-0.1, -0.05) is 13.8 Å². The maximum absolute atomic E-state index is 5.62. The van der Waals surface area contributed by atoms with E-state index in [0.29, 0.717) is 5.92 Å². The smallest absolute Gasteiger partial charge is 0.137 e. The Morgan fingerprint density at radius 3 is 2.75 bits per heavy atom. The molecule has 1 aliphatic rings. The molecule has 1 N–H and O–H groups in total. The van der Waals surface area contributed by atoms with Crippen molar-refractivity contribution in [2.75, 3.05) is 36.5 Å².